The SMILES string of the molecule is CO/N=C(/CCC(=O)OC[C@H]1CC(C)[C@H](O)[C@@H](O)[C@@H]1O)c1ccc(P)c(Cl)c1. The van der Waals surface area contributed by atoms with Crippen molar-refractivity contribution in [1.29, 1.82) is 0 Å². The van der Waals surface area contributed by atoms with Crippen LogP contribution in [-0.2, 0) is 14.4 Å². The number of esters is 1. The fourth-order valence-electron chi connectivity index (χ4n) is 3.29. The van der Waals surface area contributed by atoms with Gasteiger partial charge in [0.15, 0.2) is 0 Å². The van der Waals surface area contributed by atoms with Crippen molar-refractivity contribution < 1.29 is 29.7 Å². The fourth-order valence-corrected chi connectivity index (χ4v) is 3.65. The van der Waals surface area contributed by atoms with E-state index in [0.29, 0.717) is 23.6 Å². The van der Waals surface area contributed by atoms with Crippen LogP contribution >= 0.6 is 20.8 Å². The zero-order valence-electron chi connectivity index (χ0n) is 15.9. The molecule has 1 aliphatic rings. The van der Waals surface area contributed by atoms with E-state index < -0.39 is 30.2 Å². The Kier molecular flexibility index (Phi) is 8.65. The minimum Gasteiger partial charge on any atom is -0.465 e. The lowest BCUT2D eigenvalue weighted by Crippen LogP contribution is -2.51. The number of hydrogen-bond acceptors (Lipinski definition) is 7. The molecule has 0 heterocycles. The highest BCUT2D eigenvalue weighted by Gasteiger charge is 2.41. The van der Waals surface area contributed by atoms with Gasteiger partial charge in [0.1, 0.15) is 13.2 Å². The third-order valence-electron chi connectivity index (χ3n) is 5.00. The van der Waals surface area contributed by atoms with Crippen LogP contribution < -0.4 is 5.30 Å². The lowest BCUT2D eigenvalue weighted by molar-refractivity contribution is -0.159. The molecule has 28 heavy (non-hydrogen) atoms. The zero-order valence-corrected chi connectivity index (χ0v) is 17.8. The number of hydrogen-bond donors (Lipinski definition) is 3. The second-order valence-electron chi connectivity index (χ2n) is 7.08. The van der Waals surface area contributed by atoms with Crippen LogP contribution in [-0.4, -0.2) is 59.0 Å². The van der Waals surface area contributed by atoms with Crippen LogP contribution in [0.3, 0.4) is 0 Å². The second kappa shape index (κ2) is 10.5. The number of oxime groups is 1. The normalized spacial score (nSPS) is 28.1. The van der Waals surface area contributed by atoms with Crippen molar-refractivity contribution in [2.75, 3.05) is 13.7 Å². The van der Waals surface area contributed by atoms with E-state index in [9.17, 15) is 20.1 Å². The van der Waals surface area contributed by atoms with E-state index in [4.69, 9.17) is 21.2 Å². The molecule has 2 rings (SSSR count). The summed E-state index contributed by atoms with van der Waals surface area (Å²) in [5.74, 6) is -1.05. The molecule has 3 N–H and O–H groups in total. The number of aliphatic hydroxyl groups is 3. The van der Waals surface area contributed by atoms with Gasteiger partial charge < -0.3 is 24.9 Å². The molecule has 0 saturated heterocycles. The summed E-state index contributed by atoms with van der Waals surface area (Å²) in [6, 6.07) is 5.42. The Labute approximate surface area is 171 Å². The van der Waals surface area contributed by atoms with E-state index in [-0.39, 0.29) is 18.9 Å². The Morgan fingerprint density at radius 1 is 1.25 bits per heavy atom. The largest absolute Gasteiger partial charge is 0.465 e. The van der Waals surface area contributed by atoms with Gasteiger partial charge in [-0.05, 0) is 23.7 Å². The minimum atomic E-state index is -1.24. The first-order valence-electron chi connectivity index (χ1n) is 9.09. The summed E-state index contributed by atoms with van der Waals surface area (Å²) in [5.41, 5.74) is 1.32. The van der Waals surface area contributed by atoms with Gasteiger partial charge in [-0.2, -0.15) is 0 Å². The van der Waals surface area contributed by atoms with Gasteiger partial charge in [-0.25, -0.2) is 0 Å². The smallest absolute Gasteiger partial charge is 0.306 e. The molecule has 7 nitrogen and oxygen atoms in total. The molecule has 0 bridgehead atoms. The Morgan fingerprint density at radius 2 is 1.96 bits per heavy atom. The molecule has 0 spiro atoms. The molecule has 2 unspecified atom stereocenters. The molecule has 156 valence electrons. The van der Waals surface area contributed by atoms with Gasteiger partial charge in [-0.1, -0.05) is 35.8 Å². The fraction of sp³-hybridized carbons (Fsp3) is 0.579. The van der Waals surface area contributed by atoms with Gasteiger partial charge in [0.25, 0.3) is 0 Å². The molecular weight excluding hydrogens is 405 g/mol. The lowest BCUT2D eigenvalue weighted by atomic mass is 9.77. The van der Waals surface area contributed by atoms with Crippen molar-refractivity contribution in [2.24, 2.45) is 17.0 Å². The van der Waals surface area contributed by atoms with Crippen LogP contribution in [0.1, 0.15) is 31.7 Å². The zero-order chi connectivity index (χ0) is 20.8. The van der Waals surface area contributed by atoms with Crippen LogP contribution in [0.15, 0.2) is 23.4 Å². The van der Waals surface area contributed by atoms with Crippen LogP contribution in [0, 0.1) is 11.8 Å². The lowest BCUT2D eigenvalue weighted by Gasteiger charge is -2.38. The molecular formula is C19H27ClNO6P. The Bertz CT molecular complexity index is 716. The summed E-state index contributed by atoms with van der Waals surface area (Å²) in [6.45, 7) is 1.77. The molecule has 1 aliphatic carbocycles. The van der Waals surface area contributed by atoms with Gasteiger partial charge >= 0.3 is 5.97 Å². The summed E-state index contributed by atoms with van der Waals surface area (Å²) in [5, 5.41) is 35.1. The molecule has 1 saturated carbocycles. The molecule has 0 radical (unpaired) electrons. The van der Waals surface area contributed by atoms with Gasteiger partial charge in [-0.15, -0.1) is 9.24 Å². The predicted octanol–water partition coefficient (Wildman–Crippen LogP) is 1.25. The minimum absolute atomic E-state index is 0.0154. The molecule has 1 fully saturated rings. The van der Waals surface area contributed by atoms with E-state index in [2.05, 4.69) is 14.4 Å². The summed E-state index contributed by atoms with van der Waals surface area (Å²) >= 11 is 6.13. The first-order valence-corrected chi connectivity index (χ1v) is 10.0. The number of carbonyl (C=O) groups is 1. The van der Waals surface area contributed by atoms with Crippen molar-refractivity contribution in [2.45, 2.75) is 44.5 Å². The summed E-state index contributed by atoms with van der Waals surface area (Å²) < 4.78 is 5.27. The number of carbonyl (C=O) groups excluding carboxylic acids is 1. The van der Waals surface area contributed by atoms with Gasteiger partial charge in [0.05, 0.1) is 30.9 Å². The van der Waals surface area contributed by atoms with Gasteiger partial charge in [0, 0.05) is 22.9 Å². The second-order valence-corrected chi connectivity index (χ2v) is 8.11. The number of ether oxygens (including phenoxy) is 1. The average molecular weight is 432 g/mol. The summed E-state index contributed by atoms with van der Waals surface area (Å²) in [4.78, 5) is 17.0. The maximum Gasteiger partial charge on any atom is 0.306 e. The van der Waals surface area contributed by atoms with Crippen molar-refractivity contribution in [3.8, 4) is 0 Å². The standard InChI is InChI=1S/C19H27ClNO6P/c1-10-7-12(18(24)19(25)17(10)23)9-27-16(22)6-4-14(21-26-2)11-3-5-15(28)13(20)8-11/h3,5,8,10,12,17-19,23-25H,4,6-7,9,28H2,1-2H3/b21-14-/t10?,12-,17+,18-,19-/m1/s1. The Morgan fingerprint density at radius 3 is 2.61 bits per heavy atom. The number of nitrogens with zero attached hydrogens (tertiary/aromatic N) is 1. The van der Waals surface area contributed by atoms with Crippen molar-refractivity contribution >= 4 is 37.8 Å². The summed E-state index contributed by atoms with van der Waals surface area (Å²) in [7, 11) is 3.96. The van der Waals surface area contributed by atoms with Crippen molar-refractivity contribution in [3.63, 3.8) is 0 Å². The third kappa shape index (κ3) is 5.88. The van der Waals surface area contributed by atoms with Crippen LogP contribution in [0.4, 0.5) is 0 Å². The molecule has 9 heteroatoms. The number of rotatable bonds is 7. The van der Waals surface area contributed by atoms with E-state index in [0.717, 1.165) is 10.9 Å². The molecule has 0 aromatic heterocycles. The molecule has 1 aromatic carbocycles. The van der Waals surface area contributed by atoms with E-state index in [1.807, 2.05) is 12.1 Å². The number of aliphatic hydroxyl groups excluding tert-OH is 3. The van der Waals surface area contributed by atoms with Crippen LogP contribution in [0.2, 0.25) is 5.02 Å². The Hall–Kier alpha value is -1.24. The quantitative estimate of drug-likeness (QED) is 0.259. The van der Waals surface area contributed by atoms with Crippen molar-refractivity contribution in [3.05, 3.63) is 28.8 Å². The van der Waals surface area contributed by atoms with Gasteiger partial charge in [0.2, 0.25) is 0 Å². The monoisotopic (exact) mass is 431 g/mol. The predicted molar refractivity (Wildman–Crippen MR) is 110 cm³/mol. The number of benzene rings is 1. The molecule has 0 aliphatic heterocycles. The van der Waals surface area contributed by atoms with E-state index in [1.165, 1.54) is 7.11 Å². The van der Waals surface area contributed by atoms with E-state index >= 15 is 0 Å². The first-order chi connectivity index (χ1) is 13.2. The van der Waals surface area contributed by atoms with Crippen molar-refractivity contribution in [1.82, 2.24) is 0 Å². The highest BCUT2D eigenvalue weighted by molar-refractivity contribution is 7.28. The van der Waals surface area contributed by atoms with E-state index in [1.54, 1.807) is 13.0 Å². The van der Waals surface area contributed by atoms with Crippen LogP contribution in [0.5, 0.6) is 0 Å². The number of halogens is 1. The highest BCUT2D eigenvalue weighted by atomic mass is 35.5. The molecule has 0 amide bonds. The first kappa shape index (κ1) is 23.0. The Balaban J connectivity index is 1.89. The highest BCUT2D eigenvalue weighted by Crippen LogP contribution is 2.30. The topological polar surface area (TPSA) is 109 Å². The van der Waals surface area contributed by atoms with Crippen LogP contribution in [0.25, 0.3) is 0 Å². The third-order valence-corrected chi connectivity index (χ3v) is 6.01. The molecule has 1 aromatic rings. The summed E-state index contributed by atoms with van der Waals surface area (Å²) in [6.07, 6.45) is -2.51. The molecule has 6 atom stereocenters. The maximum absolute atomic E-state index is 12.1. The maximum atomic E-state index is 12.1. The average Bonchev–Trinajstić information content (AvgIpc) is 2.67. The van der Waals surface area contributed by atoms with Gasteiger partial charge in [-0.3, -0.25) is 4.79 Å².